The first kappa shape index (κ1) is 18.0. The van der Waals surface area contributed by atoms with Gasteiger partial charge in [-0.05, 0) is 31.9 Å². The minimum Gasteiger partial charge on any atom is -0.370 e. The molecule has 4 nitrogen and oxygen atoms in total. The molecule has 3 N–H and O–H groups in total. The average molecular weight is 306 g/mol. The normalized spacial score (nSPS) is 15.2. The fourth-order valence-corrected chi connectivity index (χ4v) is 2.06. The van der Waals surface area contributed by atoms with Gasteiger partial charge in [-0.15, -0.1) is 24.8 Å². The van der Waals surface area contributed by atoms with E-state index in [1.54, 1.807) is 6.92 Å². The van der Waals surface area contributed by atoms with E-state index in [0.717, 1.165) is 24.5 Å². The molecule has 1 atom stereocenters. The molecule has 1 aromatic rings. The smallest absolute Gasteiger partial charge is 0.241 e. The molecule has 2 rings (SSSR count). The van der Waals surface area contributed by atoms with Crippen molar-refractivity contribution in [2.24, 2.45) is 5.73 Å². The van der Waals surface area contributed by atoms with Crippen molar-refractivity contribution in [3.05, 3.63) is 24.3 Å². The van der Waals surface area contributed by atoms with Gasteiger partial charge in [-0.1, -0.05) is 12.1 Å². The fraction of sp³-hybridized carbons (Fsp3) is 0.462. The Kier molecular flexibility index (Phi) is 7.83. The third-order valence-corrected chi connectivity index (χ3v) is 3.02. The maximum Gasteiger partial charge on any atom is 0.241 e. The number of nitrogens with two attached hydrogens (primary N) is 1. The molecule has 0 radical (unpaired) electrons. The number of anilines is 2. The Labute approximate surface area is 126 Å². The van der Waals surface area contributed by atoms with E-state index in [0.29, 0.717) is 0 Å². The van der Waals surface area contributed by atoms with Gasteiger partial charge in [0.25, 0.3) is 0 Å². The molecule has 0 spiro atoms. The summed E-state index contributed by atoms with van der Waals surface area (Å²) in [4.78, 5) is 13.9. The third kappa shape index (κ3) is 4.56. The van der Waals surface area contributed by atoms with Gasteiger partial charge < -0.3 is 16.0 Å². The van der Waals surface area contributed by atoms with Crippen LogP contribution in [0.2, 0.25) is 0 Å². The first-order chi connectivity index (χ1) is 8.18. The van der Waals surface area contributed by atoms with E-state index in [1.807, 2.05) is 24.3 Å². The summed E-state index contributed by atoms with van der Waals surface area (Å²) in [5.74, 6) is -0.142. The maximum absolute atomic E-state index is 11.6. The molecule has 1 heterocycles. The number of halogens is 2. The van der Waals surface area contributed by atoms with E-state index < -0.39 is 6.04 Å². The lowest BCUT2D eigenvalue weighted by atomic mass is 10.2. The Morgan fingerprint density at radius 3 is 2.42 bits per heavy atom. The number of hydrogen-bond acceptors (Lipinski definition) is 3. The summed E-state index contributed by atoms with van der Waals surface area (Å²) in [5, 5.41) is 2.88. The van der Waals surface area contributed by atoms with E-state index in [2.05, 4.69) is 10.2 Å². The van der Waals surface area contributed by atoms with Crippen LogP contribution < -0.4 is 16.0 Å². The molecule has 0 unspecified atom stereocenters. The van der Waals surface area contributed by atoms with Crippen LogP contribution in [0.1, 0.15) is 19.8 Å². The van der Waals surface area contributed by atoms with E-state index in [4.69, 9.17) is 5.73 Å². The van der Waals surface area contributed by atoms with Crippen molar-refractivity contribution in [2.45, 2.75) is 25.8 Å². The summed E-state index contributed by atoms with van der Waals surface area (Å²) in [6.07, 6.45) is 2.44. The van der Waals surface area contributed by atoms with Crippen molar-refractivity contribution >= 4 is 42.1 Å². The molecule has 1 fully saturated rings. The summed E-state index contributed by atoms with van der Waals surface area (Å²) in [6, 6.07) is 7.41. The highest BCUT2D eigenvalue weighted by atomic mass is 35.5. The number of nitrogens with zero attached hydrogens (tertiary/aromatic N) is 1. The summed E-state index contributed by atoms with van der Waals surface area (Å²) in [6.45, 7) is 3.81. The van der Waals surface area contributed by atoms with E-state index in [9.17, 15) is 4.79 Å². The standard InChI is InChI=1S/C13H19N3O.2ClH/c1-10(14)13(17)15-11-6-2-3-7-12(11)16-8-4-5-9-16;;/h2-3,6-7,10H,4-5,8-9,14H2,1H3,(H,15,17);2*1H/t10-;;/m1../s1. The second-order valence-electron chi connectivity index (χ2n) is 4.49. The van der Waals surface area contributed by atoms with Crippen molar-refractivity contribution in [2.75, 3.05) is 23.3 Å². The Hall–Kier alpha value is -0.970. The van der Waals surface area contributed by atoms with Crippen LogP contribution in [0.4, 0.5) is 11.4 Å². The number of hydrogen-bond donors (Lipinski definition) is 2. The van der Waals surface area contributed by atoms with Gasteiger partial charge in [0.05, 0.1) is 17.4 Å². The van der Waals surface area contributed by atoms with Gasteiger partial charge in [-0.2, -0.15) is 0 Å². The molecule has 1 aliphatic heterocycles. The lowest BCUT2D eigenvalue weighted by molar-refractivity contribution is -0.117. The number of benzene rings is 1. The zero-order valence-corrected chi connectivity index (χ0v) is 12.6. The first-order valence-corrected chi connectivity index (χ1v) is 6.09. The quantitative estimate of drug-likeness (QED) is 0.901. The summed E-state index contributed by atoms with van der Waals surface area (Å²) in [5.41, 5.74) is 7.52. The van der Waals surface area contributed by atoms with Crippen molar-refractivity contribution in [3.63, 3.8) is 0 Å². The first-order valence-electron chi connectivity index (χ1n) is 6.09. The number of carbonyl (C=O) groups excluding carboxylic acids is 1. The molecular weight excluding hydrogens is 285 g/mol. The van der Waals surface area contributed by atoms with Gasteiger partial charge in [-0.3, -0.25) is 4.79 Å². The van der Waals surface area contributed by atoms with E-state index in [-0.39, 0.29) is 30.7 Å². The Bertz CT molecular complexity index is 407. The van der Waals surface area contributed by atoms with Crippen molar-refractivity contribution in [3.8, 4) is 0 Å². The van der Waals surface area contributed by atoms with Gasteiger partial charge in [0.2, 0.25) is 5.91 Å². The molecule has 1 aliphatic rings. The highest BCUT2D eigenvalue weighted by molar-refractivity contribution is 5.97. The molecule has 108 valence electrons. The predicted molar refractivity (Wildman–Crippen MR) is 84.7 cm³/mol. The number of carbonyl (C=O) groups is 1. The molecule has 0 saturated carbocycles. The van der Waals surface area contributed by atoms with Gasteiger partial charge >= 0.3 is 0 Å². The van der Waals surface area contributed by atoms with Crippen LogP contribution in [0.25, 0.3) is 0 Å². The van der Waals surface area contributed by atoms with Gasteiger partial charge in [0.1, 0.15) is 0 Å². The summed E-state index contributed by atoms with van der Waals surface area (Å²) < 4.78 is 0. The molecule has 0 aromatic heterocycles. The van der Waals surface area contributed by atoms with Crippen LogP contribution in [0.3, 0.4) is 0 Å². The van der Waals surface area contributed by atoms with Crippen LogP contribution >= 0.6 is 24.8 Å². The van der Waals surface area contributed by atoms with Crippen LogP contribution in [0.5, 0.6) is 0 Å². The third-order valence-electron chi connectivity index (χ3n) is 3.02. The van der Waals surface area contributed by atoms with Crippen molar-refractivity contribution in [1.82, 2.24) is 0 Å². The van der Waals surface area contributed by atoms with Crippen LogP contribution in [0, 0.1) is 0 Å². The highest BCUT2D eigenvalue weighted by Gasteiger charge is 2.17. The lowest BCUT2D eigenvalue weighted by Crippen LogP contribution is -2.33. The summed E-state index contributed by atoms with van der Waals surface area (Å²) >= 11 is 0. The van der Waals surface area contributed by atoms with Crippen molar-refractivity contribution in [1.29, 1.82) is 0 Å². The topological polar surface area (TPSA) is 58.4 Å². The molecule has 1 saturated heterocycles. The van der Waals surface area contributed by atoms with E-state index in [1.165, 1.54) is 12.8 Å². The van der Waals surface area contributed by atoms with Gasteiger partial charge in [0.15, 0.2) is 0 Å². The highest BCUT2D eigenvalue weighted by Crippen LogP contribution is 2.28. The Balaban J connectivity index is 0.00000162. The lowest BCUT2D eigenvalue weighted by Gasteiger charge is -2.21. The zero-order valence-electron chi connectivity index (χ0n) is 11.0. The number of para-hydroxylation sites is 2. The molecule has 1 aromatic carbocycles. The molecular formula is C13H21Cl2N3O. The Morgan fingerprint density at radius 1 is 1.26 bits per heavy atom. The van der Waals surface area contributed by atoms with Gasteiger partial charge in [-0.25, -0.2) is 0 Å². The molecule has 19 heavy (non-hydrogen) atoms. The van der Waals surface area contributed by atoms with Gasteiger partial charge in [0, 0.05) is 13.1 Å². The Morgan fingerprint density at radius 2 is 1.84 bits per heavy atom. The average Bonchev–Trinajstić information content (AvgIpc) is 2.83. The fourth-order valence-electron chi connectivity index (χ4n) is 2.06. The second kappa shape index (κ2) is 8.25. The second-order valence-corrected chi connectivity index (χ2v) is 4.49. The largest absolute Gasteiger partial charge is 0.370 e. The van der Waals surface area contributed by atoms with Crippen LogP contribution in [-0.2, 0) is 4.79 Å². The van der Waals surface area contributed by atoms with Crippen LogP contribution in [0.15, 0.2) is 24.3 Å². The monoisotopic (exact) mass is 305 g/mol. The number of amides is 1. The van der Waals surface area contributed by atoms with Crippen LogP contribution in [-0.4, -0.2) is 25.0 Å². The number of nitrogens with one attached hydrogen (secondary N) is 1. The molecule has 6 heteroatoms. The van der Waals surface area contributed by atoms with Crippen molar-refractivity contribution < 1.29 is 4.79 Å². The van der Waals surface area contributed by atoms with E-state index >= 15 is 0 Å². The minimum atomic E-state index is -0.485. The molecule has 0 aliphatic carbocycles. The maximum atomic E-state index is 11.6. The minimum absolute atomic E-state index is 0. The SMILES string of the molecule is C[C@@H](N)C(=O)Nc1ccccc1N1CCCC1.Cl.Cl. The predicted octanol–water partition coefficient (Wildman–Crippen LogP) is 2.42. The summed E-state index contributed by atoms with van der Waals surface area (Å²) in [7, 11) is 0. The molecule has 1 amide bonds. The molecule has 0 bridgehead atoms. The number of rotatable bonds is 3. The zero-order chi connectivity index (χ0) is 12.3.